The van der Waals surface area contributed by atoms with Gasteiger partial charge in [0.25, 0.3) is 0 Å². The Labute approximate surface area is 98.2 Å². The quantitative estimate of drug-likeness (QED) is 0.818. The molecule has 0 aliphatic heterocycles. The van der Waals surface area contributed by atoms with Crippen LogP contribution < -0.4 is 11.1 Å². The average Bonchev–Trinajstić information content (AvgIpc) is 2.30. The Balaban J connectivity index is 1.89. The standard InChI is InChI=1S/C14H22N2/c1-11(12-6-3-2-4-7-12)16-14-9-5-8-13(15)10-14/h2-4,6-7,11,13-14,16H,5,8-10,15H2,1H3. The first-order chi connectivity index (χ1) is 7.75. The van der Waals surface area contributed by atoms with Gasteiger partial charge in [0.05, 0.1) is 0 Å². The molecule has 1 aliphatic carbocycles. The summed E-state index contributed by atoms with van der Waals surface area (Å²) in [4.78, 5) is 0. The van der Waals surface area contributed by atoms with Crippen LogP contribution in [0, 0.1) is 0 Å². The fourth-order valence-corrected chi connectivity index (χ4v) is 2.57. The largest absolute Gasteiger partial charge is 0.328 e. The number of nitrogens with two attached hydrogens (primary N) is 1. The molecule has 2 nitrogen and oxygen atoms in total. The van der Waals surface area contributed by atoms with E-state index in [0.717, 1.165) is 6.42 Å². The minimum absolute atomic E-state index is 0.397. The third-order valence-corrected chi connectivity index (χ3v) is 3.50. The maximum Gasteiger partial charge on any atom is 0.0294 e. The van der Waals surface area contributed by atoms with Gasteiger partial charge < -0.3 is 11.1 Å². The molecule has 1 fully saturated rings. The van der Waals surface area contributed by atoms with Crippen LogP contribution >= 0.6 is 0 Å². The molecule has 0 amide bonds. The summed E-state index contributed by atoms with van der Waals surface area (Å²) in [6.45, 7) is 2.23. The SMILES string of the molecule is CC(NC1CCCC(N)C1)c1ccccc1. The van der Waals surface area contributed by atoms with E-state index in [1.165, 1.54) is 24.8 Å². The van der Waals surface area contributed by atoms with Gasteiger partial charge >= 0.3 is 0 Å². The van der Waals surface area contributed by atoms with Crippen molar-refractivity contribution in [1.82, 2.24) is 5.32 Å². The number of benzene rings is 1. The van der Waals surface area contributed by atoms with Gasteiger partial charge in [-0.05, 0) is 31.7 Å². The zero-order valence-corrected chi connectivity index (χ0v) is 10.0. The lowest BCUT2D eigenvalue weighted by Gasteiger charge is -2.30. The first-order valence-electron chi connectivity index (χ1n) is 6.32. The van der Waals surface area contributed by atoms with Gasteiger partial charge in [-0.15, -0.1) is 0 Å². The van der Waals surface area contributed by atoms with Crippen LogP contribution in [0.3, 0.4) is 0 Å². The molecule has 0 spiro atoms. The van der Waals surface area contributed by atoms with Gasteiger partial charge in [-0.3, -0.25) is 0 Å². The van der Waals surface area contributed by atoms with Gasteiger partial charge in [-0.25, -0.2) is 0 Å². The van der Waals surface area contributed by atoms with E-state index in [9.17, 15) is 0 Å². The molecular weight excluding hydrogens is 196 g/mol. The van der Waals surface area contributed by atoms with Crippen LogP contribution in [-0.2, 0) is 0 Å². The fourth-order valence-electron chi connectivity index (χ4n) is 2.57. The van der Waals surface area contributed by atoms with Crippen LogP contribution in [0.2, 0.25) is 0 Å². The smallest absolute Gasteiger partial charge is 0.0294 e. The predicted octanol–water partition coefficient (Wildman–Crippen LogP) is 2.61. The highest BCUT2D eigenvalue weighted by Gasteiger charge is 2.20. The predicted molar refractivity (Wildman–Crippen MR) is 68.2 cm³/mol. The highest BCUT2D eigenvalue weighted by atomic mass is 15.0. The van der Waals surface area contributed by atoms with E-state index in [1.807, 2.05) is 0 Å². The molecule has 3 unspecified atom stereocenters. The molecular formula is C14H22N2. The molecule has 0 saturated heterocycles. The summed E-state index contributed by atoms with van der Waals surface area (Å²) in [5.41, 5.74) is 7.36. The molecule has 0 heterocycles. The van der Waals surface area contributed by atoms with E-state index in [4.69, 9.17) is 5.73 Å². The summed E-state index contributed by atoms with van der Waals surface area (Å²) in [7, 11) is 0. The molecule has 16 heavy (non-hydrogen) atoms. The minimum atomic E-state index is 0.397. The molecule has 0 aromatic heterocycles. The van der Waals surface area contributed by atoms with Gasteiger partial charge in [0.2, 0.25) is 0 Å². The Hall–Kier alpha value is -0.860. The molecule has 2 heteroatoms. The summed E-state index contributed by atoms with van der Waals surface area (Å²) in [6.07, 6.45) is 4.85. The zero-order chi connectivity index (χ0) is 11.4. The molecule has 0 radical (unpaired) electrons. The first-order valence-corrected chi connectivity index (χ1v) is 6.32. The van der Waals surface area contributed by atoms with Crippen molar-refractivity contribution in [2.45, 2.75) is 50.7 Å². The second kappa shape index (κ2) is 5.46. The van der Waals surface area contributed by atoms with Gasteiger partial charge in [0.15, 0.2) is 0 Å². The van der Waals surface area contributed by atoms with E-state index < -0.39 is 0 Å². The van der Waals surface area contributed by atoms with Gasteiger partial charge in [-0.2, -0.15) is 0 Å². The topological polar surface area (TPSA) is 38.0 Å². The van der Waals surface area contributed by atoms with Crippen molar-refractivity contribution in [2.24, 2.45) is 5.73 Å². The summed E-state index contributed by atoms with van der Waals surface area (Å²) in [6, 6.07) is 12.0. The van der Waals surface area contributed by atoms with E-state index >= 15 is 0 Å². The van der Waals surface area contributed by atoms with Gasteiger partial charge in [0, 0.05) is 18.1 Å². The van der Waals surface area contributed by atoms with Crippen LogP contribution in [0.1, 0.15) is 44.2 Å². The summed E-state index contributed by atoms with van der Waals surface area (Å²) >= 11 is 0. The molecule has 1 aromatic carbocycles. The Morgan fingerprint density at radius 2 is 2.00 bits per heavy atom. The van der Waals surface area contributed by atoms with E-state index in [0.29, 0.717) is 18.1 Å². The fraction of sp³-hybridized carbons (Fsp3) is 0.571. The second-order valence-electron chi connectivity index (χ2n) is 4.92. The Morgan fingerprint density at radius 3 is 2.69 bits per heavy atom. The lowest BCUT2D eigenvalue weighted by molar-refractivity contribution is 0.319. The van der Waals surface area contributed by atoms with Crippen molar-refractivity contribution < 1.29 is 0 Å². The van der Waals surface area contributed by atoms with Crippen LogP contribution in [0.4, 0.5) is 0 Å². The molecule has 88 valence electrons. The third-order valence-electron chi connectivity index (χ3n) is 3.50. The molecule has 2 rings (SSSR count). The van der Waals surface area contributed by atoms with Crippen molar-refractivity contribution in [3.63, 3.8) is 0 Å². The van der Waals surface area contributed by atoms with Gasteiger partial charge in [0.1, 0.15) is 0 Å². The van der Waals surface area contributed by atoms with Crippen molar-refractivity contribution in [2.75, 3.05) is 0 Å². The van der Waals surface area contributed by atoms with Crippen LogP contribution in [0.5, 0.6) is 0 Å². The van der Waals surface area contributed by atoms with Crippen LogP contribution in [-0.4, -0.2) is 12.1 Å². The second-order valence-corrected chi connectivity index (χ2v) is 4.92. The molecule has 3 atom stereocenters. The maximum absolute atomic E-state index is 6.00. The maximum atomic E-state index is 6.00. The van der Waals surface area contributed by atoms with E-state index in [2.05, 4.69) is 42.6 Å². The number of hydrogen-bond donors (Lipinski definition) is 2. The summed E-state index contributed by atoms with van der Waals surface area (Å²) in [5.74, 6) is 0. The monoisotopic (exact) mass is 218 g/mol. The minimum Gasteiger partial charge on any atom is -0.328 e. The van der Waals surface area contributed by atoms with Crippen molar-refractivity contribution in [3.05, 3.63) is 35.9 Å². The lowest BCUT2D eigenvalue weighted by atomic mass is 9.91. The lowest BCUT2D eigenvalue weighted by Crippen LogP contribution is -2.40. The Bertz CT molecular complexity index is 310. The first kappa shape index (κ1) is 11.6. The molecule has 3 N–H and O–H groups in total. The third kappa shape index (κ3) is 3.06. The van der Waals surface area contributed by atoms with Crippen LogP contribution in [0.25, 0.3) is 0 Å². The number of nitrogens with one attached hydrogen (secondary N) is 1. The normalized spacial score (nSPS) is 27.6. The van der Waals surface area contributed by atoms with Crippen molar-refractivity contribution >= 4 is 0 Å². The summed E-state index contributed by atoms with van der Waals surface area (Å²) in [5, 5.41) is 3.69. The van der Waals surface area contributed by atoms with Crippen molar-refractivity contribution in [1.29, 1.82) is 0 Å². The van der Waals surface area contributed by atoms with Gasteiger partial charge in [-0.1, -0.05) is 36.8 Å². The number of hydrogen-bond acceptors (Lipinski definition) is 2. The molecule has 1 aliphatic rings. The van der Waals surface area contributed by atoms with Crippen LogP contribution in [0.15, 0.2) is 30.3 Å². The zero-order valence-electron chi connectivity index (χ0n) is 10.0. The summed E-state index contributed by atoms with van der Waals surface area (Å²) < 4.78 is 0. The van der Waals surface area contributed by atoms with E-state index in [1.54, 1.807) is 0 Å². The van der Waals surface area contributed by atoms with Crippen molar-refractivity contribution in [3.8, 4) is 0 Å². The van der Waals surface area contributed by atoms with E-state index in [-0.39, 0.29) is 0 Å². The molecule has 1 saturated carbocycles. The number of rotatable bonds is 3. The molecule has 0 bridgehead atoms. The average molecular weight is 218 g/mol. The Kier molecular flexibility index (Phi) is 3.97. The highest BCUT2D eigenvalue weighted by molar-refractivity contribution is 5.18. The Morgan fingerprint density at radius 1 is 1.25 bits per heavy atom. The highest BCUT2D eigenvalue weighted by Crippen LogP contribution is 2.20. The molecule has 1 aromatic rings.